The predicted molar refractivity (Wildman–Crippen MR) is 126 cm³/mol. The lowest BCUT2D eigenvalue weighted by molar-refractivity contribution is -0.123. The van der Waals surface area contributed by atoms with E-state index >= 15 is 0 Å². The van der Waals surface area contributed by atoms with Crippen LogP contribution in [0.4, 0.5) is 14.9 Å². The fraction of sp³-hybridized carbons (Fsp3) is 0.250. The third kappa shape index (κ3) is 3.89. The zero-order valence-corrected chi connectivity index (χ0v) is 19.6. The fourth-order valence-electron chi connectivity index (χ4n) is 3.99. The molecule has 0 saturated carbocycles. The highest BCUT2D eigenvalue weighted by Gasteiger charge is 2.34. The lowest BCUT2D eigenvalue weighted by atomic mass is 9.88. The summed E-state index contributed by atoms with van der Waals surface area (Å²) in [5.74, 6) is -1.01. The van der Waals surface area contributed by atoms with Crippen LogP contribution in [-0.2, 0) is 11.3 Å². The van der Waals surface area contributed by atoms with Crippen molar-refractivity contribution in [2.45, 2.75) is 32.9 Å². The molecule has 2 aliphatic heterocycles. The van der Waals surface area contributed by atoms with Gasteiger partial charge in [0.15, 0.2) is 0 Å². The van der Waals surface area contributed by atoms with Crippen LogP contribution < -0.4 is 10.2 Å². The second-order valence-corrected chi connectivity index (χ2v) is 9.37. The van der Waals surface area contributed by atoms with Gasteiger partial charge in [0.05, 0.1) is 22.1 Å². The molecular formula is C24H22Cl2FN3O2. The molecular weight excluding hydrogens is 452 g/mol. The normalized spacial score (nSPS) is 18.7. The molecule has 1 fully saturated rings. The molecule has 0 aliphatic carbocycles. The first-order valence-electron chi connectivity index (χ1n) is 10.0. The van der Waals surface area contributed by atoms with Crippen LogP contribution in [0.3, 0.4) is 0 Å². The maximum Gasteiger partial charge on any atom is 0.329 e. The summed E-state index contributed by atoms with van der Waals surface area (Å²) in [5, 5.41) is 3.25. The molecule has 1 saturated heterocycles. The van der Waals surface area contributed by atoms with Crippen LogP contribution in [0, 0.1) is 5.82 Å². The van der Waals surface area contributed by atoms with E-state index < -0.39 is 17.8 Å². The van der Waals surface area contributed by atoms with E-state index in [9.17, 15) is 14.0 Å². The number of imide groups is 1. The van der Waals surface area contributed by atoms with E-state index in [2.05, 4.69) is 25.2 Å². The first kappa shape index (κ1) is 22.4. The molecule has 8 heteroatoms. The van der Waals surface area contributed by atoms with Crippen LogP contribution in [0.1, 0.15) is 37.5 Å². The second kappa shape index (κ2) is 7.94. The molecule has 166 valence electrons. The largest absolute Gasteiger partial charge is 0.365 e. The van der Waals surface area contributed by atoms with Gasteiger partial charge in [0.1, 0.15) is 11.5 Å². The Morgan fingerprint density at radius 1 is 1.12 bits per heavy atom. The lowest BCUT2D eigenvalue weighted by Gasteiger charge is -2.40. The average molecular weight is 474 g/mol. The van der Waals surface area contributed by atoms with Crippen molar-refractivity contribution in [2.75, 3.05) is 11.9 Å². The molecule has 4 rings (SSSR count). The summed E-state index contributed by atoms with van der Waals surface area (Å²) in [4.78, 5) is 28.3. The summed E-state index contributed by atoms with van der Waals surface area (Å²) in [6.07, 6.45) is 3.49. The summed E-state index contributed by atoms with van der Waals surface area (Å²) < 4.78 is 15.0. The highest BCUT2D eigenvalue weighted by molar-refractivity contribution is 6.42. The van der Waals surface area contributed by atoms with Crippen LogP contribution in [-0.4, -0.2) is 29.4 Å². The van der Waals surface area contributed by atoms with Crippen molar-refractivity contribution in [3.63, 3.8) is 0 Å². The minimum Gasteiger partial charge on any atom is -0.365 e. The van der Waals surface area contributed by atoms with Gasteiger partial charge in [-0.25, -0.2) is 9.18 Å². The van der Waals surface area contributed by atoms with E-state index in [1.165, 1.54) is 12.1 Å². The zero-order valence-electron chi connectivity index (χ0n) is 18.1. The molecule has 0 radical (unpaired) electrons. The number of urea groups is 1. The van der Waals surface area contributed by atoms with E-state index in [0.717, 1.165) is 21.7 Å². The van der Waals surface area contributed by atoms with Crippen molar-refractivity contribution >= 4 is 52.5 Å². The van der Waals surface area contributed by atoms with E-state index in [1.54, 1.807) is 24.3 Å². The van der Waals surface area contributed by atoms with Gasteiger partial charge in [0, 0.05) is 23.9 Å². The van der Waals surface area contributed by atoms with Gasteiger partial charge >= 0.3 is 6.03 Å². The van der Waals surface area contributed by atoms with E-state index in [1.807, 2.05) is 18.9 Å². The van der Waals surface area contributed by atoms with Gasteiger partial charge in [0.25, 0.3) is 5.91 Å². The minimum atomic E-state index is -0.580. The van der Waals surface area contributed by atoms with Crippen molar-refractivity contribution < 1.29 is 14.0 Å². The van der Waals surface area contributed by atoms with Crippen LogP contribution in [0.2, 0.25) is 10.0 Å². The number of hydrogen-bond donors (Lipinski definition) is 1. The lowest BCUT2D eigenvalue weighted by Crippen LogP contribution is -2.42. The van der Waals surface area contributed by atoms with E-state index in [-0.39, 0.29) is 23.3 Å². The number of nitrogens with one attached hydrogen (secondary N) is 1. The van der Waals surface area contributed by atoms with Gasteiger partial charge in [-0.3, -0.25) is 9.69 Å². The smallest absolute Gasteiger partial charge is 0.329 e. The number of anilines is 1. The molecule has 1 N–H and O–H groups in total. The van der Waals surface area contributed by atoms with Crippen LogP contribution in [0.15, 0.2) is 42.1 Å². The van der Waals surface area contributed by atoms with Gasteiger partial charge in [-0.05, 0) is 62.2 Å². The molecule has 0 unspecified atom stereocenters. The molecule has 2 heterocycles. The molecule has 0 aromatic heterocycles. The molecule has 0 spiro atoms. The molecule has 2 aliphatic rings. The number of amides is 3. The van der Waals surface area contributed by atoms with E-state index in [4.69, 9.17) is 23.2 Å². The molecule has 2 aromatic rings. The highest BCUT2D eigenvalue weighted by Crippen LogP contribution is 2.39. The Labute approximate surface area is 196 Å². The maximum absolute atomic E-state index is 15.0. The van der Waals surface area contributed by atoms with Gasteiger partial charge in [-0.15, -0.1) is 0 Å². The molecule has 3 amide bonds. The van der Waals surface area contributed by atoms with Crippen molar-refractivity contribution in [1.29, 1.82) is 0 Å². The molecule has 5 nitrogen and oxygen atoms in total. The van der Waals surface area contributed by atoms with Crippen molar-refractivity contribution in [3.05, 3.63) is 74.7 Å². The molecule has 32 heavy (non-hydrogen) atoms. The molecule has 0 atom stereocenters. The number of benzene rings is 2. The van der Waals surface area contributed by atoms with Crippen molar-refractivity contribution in [1.82, 2.24) is 10.2 Å². The third-order valence-electron chi connectivity index (χ3n) is 5.92. The van der Waals surface area contributed by atoms with Crippen molar-refractivity contribution in [2.24, 2.45) is 0 Å². The van der Waals surface area contributed by atoms with Crippen LogP contribution in [0.25, 0.3) is 11.6 Å². The maximum atomic E-state index is 15.0. The number of nitrogens with zero attached hydrogens (tertiary/aromatic N) is 2. The third-order valence-corrected chi connectivity index (χ3v) is 6.66. The number of likely N-dealkylation sites (N-methyl/N-ethyl adjacent to an activating group) is 1. The first-order valence-corrected chi connectivity index (χ1v) is 10.8. The number of hydrogen-bond acceptors (Lipinski definition) is 3. The Bertz CT molecular complexity index is 1220. The number of allylic oxidation sites excluding steroid dienone is 1. The number of halogens is 3. The van der Waals surface area contributed by atoms with Gasteiger partial charge in [-0.1, -0.05) is 35.3 Å². The van der Waals surface area contributed by atoms with Gasteiger partial charge < -0.3 is 10.2 Å². The standard InChI is InChI=1S/C24H22Cl2FN3O2/c1-13-11-24(2,3)29(4)21-10-19(27)15(8-16(13)21)9-20-22(31)30(23(32)28-20)12-14-5-6-17(25)18(26)7-14/h5-11H,12H2,1-4H3,(H,28,32)/b20-9+. The molecule has 0 bridgehead atoms. The SMILES string of the molecule is CC1=CC(C)(C)N(C)c2cc(F)c(/C=C3/NC(=O)N(Cc4ccc(Cl)c(Cl)c4)C3=O)cc21. The summed E-state index contributed by atoms with van der Waals surface area (Å²) in [6.45, 7) is 6.11. The zero-order chi connectivity index (χ0) is 23.4. The second-order valence-electron chi connectivity index (χ2n) is 8.56. The first-order chi connectivity index (χ1) is 15.0. The predicted octanol–water partition coefficient (Wildman–Crippen LogP) is 5.86. The number of fused-ring (bicyclic) bond motifs is 1. The molecule has 2 aromatic carbocycles. The van der Waals surface area contributed by atoms with Crippen LogP contribution in [0.5, 0.6) is 0 Å². The number of rotatable bonds is 3. The monoisotopic (exact) mass is 473 g/mol. The Morgan fingerprint density at radius 2 is 1.84 bits per heavy atom. The minimum absolute atomic E-state index is 0.0139. The Hall–Kier alpha value is -2.83. The topological polar surface area (TPSA) is 52.7 Å². The van der Waals surface area contributed by atoms with E-state index in [0.29, 0.717) is 15.6 Å². The summed E-state index contributed by atoms with van der Waals surface area (Å²) in [7, 11) is 1.92. The number of carbonyl (C=O) groups excluding carboxylic acids is 2. The number of carbonyl (C=O) groups is 2. The van der Waals surface area contributed by atoms with Crippen molar-refractivity contribution in [3.8, 4) is 0 Å². The summed E-state index contributed by atoms with van der Waals surface area (Å²) in [5.41, 5.74) is 3.32. The Kier molecular flexibility index (Phi) is 5.55. The van der Waals surface area contributed by atoms with Gasteiger partial charge in [-0.2, -0.15) is 0 Å². The Morgan fingerprint density at radius 3 is 2.53 bits per heavy atom. The highest BCUT2D eigenvalue weighted by atomic mass is 35.5. The van der Waals surface area contributed by atoms with Gasteiger partial charge in [0.2, 0.25) is 0 Å². The summed E-state index contributed by atoms with van der Waals surface area (Å²) in [6, 6.07) is 7.48. The average Bonchev–Trinajstić information content (AvgIpc) is 2.97. The quantitative estimate of drug-likeness (QED) is 0.448. The summed E-state index contributed by atoms with van der Waals surface area (Å²) >= 11 is 12.0. The fourth-order valence-corrected chi connectivity index (χ4v) is 4.31. The Balaban J connectivity index is 1.65. The van der Waals surface area contributed by atoms with Crippen LogP contribution >= 0.6 is 23.2 Å².